The lowest BCUT2D eigenvalue weighted by molar-refractivity contribution is -0.0545. The molecule has 0 saturated carbocycles. The van der Waals surface area contributed by atoms with Gasteiger partial charge in [0.15, 0.2) is 0 Å². The Kier molecular flexibility index (Phi) is 4.90. The van der Waals surface area contributed by atoms with Crippen LogP contribution in [0.1, 0.15) is 19.4 Å². The van der Waals surface area contributed by atoms with Crippen molar-refractivity contribution in [2.75, 3.05) is 20.2 Å². The fraction of sp³-hybridized carbons (Fsp3) is 0.421. The largest absolute Gasteiger partial charge is 0.497 e. The minimum absolute atomic E-state index is 0.0353. The number of carbonyl (C=O) groups excluding carboxylic acids is 1. The first-order chi connectivity index (χ1) is 11.5. The van der Waals surface area contributed by atoms with Gasteiger partial charge in [-0.3, -0.25) is 0 Å². The number of rotatable bonds is 3. The Hall–Kier alpha value is -2.27. The number of hydrogen-bond acceptors (Lipinski definition) is 3. The summed E-state index contributed by atoms with van der Waals surface area (Å²) in [5.74, 6) is 0.846. The third-order valence-electron chi connectivity index (χ3n) is 4.26. The second kappa shape index (κ2) is 7.09. The van der Waals surface area contributed by atoms with E-state index in [4.69, 9.17) is 9.47 Å². The van der Waals surface area contributed by atoms with Crippen molar-refractivity contribution in [1.82, 2.24) is 10.2 Å². The summed E-state index contributed by atoms with van der Waals surface area (Å²) in [6, 6.07) is 12.1. The summed E-state index contributed by atoms with van der Waals surface area (Å²) in [5, 5.41) is 5.26. The van der Waals surface area contributed by atoms with E-state index < -0.39 is 0 Å². The molecule has 2 aromatic carbocycles. The van der Waals surface area contributed by atoms with Crippen LogP contribution in [0.25, 0.3) is 10.8 Å². The van der Waals surface area contributed by atoms with Crippen LogP contribution in [-0.2, 0) is 11.3 Å². The first-order valence-electron chi connectivity index (χ1n) is 8.30. The summed E-state index contributed by atoms with van der Waals surface area (Å²) < 4.78 is 10.9. The van der Waals surface area contributed by atoms with E-state index in [9.17, 15) is 4.79 Å². The van der Waals surface area contributed by atoms with Crippen molar-refractivity contribution in [3.05, 3.63) is 42.0 Å². The van der Waals surface area contributed by atoms with E-state index in [0.29, 0.717) is 19.6 Å². The minimum atomic E-state index is -0.0353. The van der Waals surface area contributed by atoms with Gasteiger partial charge in [0.1, 0.15) is 5.75 Å². The molecule has 2 amide bonds. The molecule has 0 radical (unpaired) electrons. The van der Waals surface area contributed by atoms with Crippen molar-refractivity contribution in [1.29, 1.82) is 0 Å². The van der Waals surface area contributed by atoms with Crippen molar-refractivity contribution in [3.8, 4) is 5.75 Å². The molecular weight excluding hydrogens is 304 g/mol. The van der Waals surface area contributed by atoms with E-state index >= 15 is 0 Å². The summed E-state index contributed by atoms with van der Waals surface area (Å²) in [5.41, 5.74) is 1.08. The smallest absolute Gasteiger partial charge is 0.317 e. The van der Waals surface area contributed by atoms with Gasteiger partial charge in [-0.1, -0.05) is 18.2 Å². The van der Waals surface area contributed by atoms with Crippen LogP contribution in [0, 0.1) is 0 Å². The van der Waals surface area contributed by atoms with Gasteiger partial charge in [0.2, 0.25) is 0 Å². The fourth-order valence-corrected chi connectivity index (χ4v) is 3.14. The molecule has 1 heterocycles. The zero-order valence-electron chi connectivity index (χ0n) is 14.4. The lowest BCUT2D eigenvalue weighted by Gasteiger charge is -2.35. The Morgan fingerprint density at radius 3 is 2.54 bits per heavy atom. The zero-order valence-corrected chi connectivity index (χ0v) is 14.4. The summed E-state index contributed by atoms with van der Waals surface area (Å²) in [6.07, 6.45) is 0.158. The lowest BCUT2D eigenvalue weighted by atomic mass is 10.1. The first kappa shape index (κ1) is 16.6. The van der Waals surface area contributed by atoms with Gasteiger partial charge in [-0.2, -0.15) is 0 Å². The Bertz CT molecular complexity index is 722. The first-order valence-corrected chi connectivity index (χ1v) is 8.30. The molecule has 3 rings (SSSR count). The molecular formula is C19H24N2O3. The third-order valence-corrected chi connectivity index (χ3v) is 4.26. The van der Waals surface area contributed by atoms with Crippen LogP contribution in [0.5, 0.6) is 5.75 Å². The van der Waals surface area contributed by atoms with Crippen molar-refractivity contribution in [2.24, 2.45) is 0 Å². The molecule has 0 unspecified atom stereocenters. The molecule has 2 aromatic rings. The Balaban J connectivity index is 1.63. The number of benzene rings is 2. The van der Waals surface area contributed by atoms with Gasteiger partial charge in [-0.05, 0) is 48.4 Å². The fourth-order valence-electron chi connectivity index (χ4n) is 3.14. The molecule has 5 heteroatoms. The number of morpholine rings is 1. The number of urea groups is 1. The van der Waals surface area contributed by atoms with Crippen LogP contribution >= 0.6 is 0 Å². The predicted molar refractivity (Wildman–Crippen MR) is 94.3 cm³/mol. The van der Waals surface area contributed by atoms with Crippen LogP contribution in [-0.4, -0.2) is 43.3 Å². The Morgan fingerprint density at radius 2 is 1.83 bits per heavy atom. The van der Waals surface area contributed by atoms with E-state index in [-0.39, 0.29) is 18.2 Å². The van der Waals surface area contributed by atoms with Crippen LogP contribution < -0.4 is 10.1 Å². The molecule has 0 spiro atoms. The molecule has 1 aliphatic heterocycles. The van der Waals surface area contributed by atoms with E-state index in [2.05, 4.69) is 17.4 Å². The van der Waals surface area contributed by atoms with Crippen LogP contribution in [0.2, 0.25) is 0 Å². The summed E-state index contributed by atoms with van der Waals surface area (Å²) in [6.45, 7) is 5.77. The molecule has 1 N–H and O–H groups in total. The standard InChI is InChI=1S/C19H24N2O3/c1-13-11-21(12-14(2)24-13)19(22)20-10-15-4-5-17-9-18(23-3)7-6-16(17)8-15/h4-9,13-14H,10-12H2,1-3H3,(H,20,22)/t13-,14-/m1/s1. The highest BCUT2D eigenvalue weighted by Gasteiger charge is 2.25. The highest BCUT2D eigenvalue weighted by molar-refractivity contribution is 5.84. The highest BCUT2D eigenvalue weighted by Crippen LogP contribution is 2.22. The number of ether oxygens (including phenoxy) is 2. The second-order valence-corrected chi connectivity index (χ2v) is 6.37. The normalized spacial score (nSPS) is 20.9. The summed E-state index contributed by atoms with van der Waals surface area (Å²) in [4.78, 5) is 14.2. The maximum absolute atomic E-state index is 12.4. The van der Waals surface area contributed by atoms with Gasteiger partial charge in [0.25, 0.3) is 0 Å². The van der Waals surface area contributed by atoms with Crippen LogP contribution in [0.4, 0.5) is 4.79 Å². The Morgan fingerprint density at radius 1 is 1.17 bits per heavy atom. The molecule has 0 bridgehead atoms. The summed E-state index contributed by atoms with van der Waals surface area (Å²) >= 11 is 0. The number of amides is 2. The molecule has 1 aliphatic rings. The van der Waals surface area contributed by atoms with Gasteiger partial charge in [-0.15, -0.1) is 0 Å². The number of hydrogen-bond donors (Lipinski definition) is 1. The molecule has 5 nitrogen and oxygen atoms in total. The van der Waals surface area contributed by atoms with Gasteiger partial charge in [-0.25, -0.2) is 4.79 Å². The maximum Gasteiger partial charge on any atom is 0.317 e. The average Bonchev–Trinajstić information content (AvgIpc) is 2.58. The maximum atomic E-state index is 12.4. The van der Waals surface area contributed by atoms with Crippen molar-refractivity contribution >= 4 is 16.8 Å². The number of nitrogens with one attached hydrogen (secondary N) is 1. The van der Waals surface area contributed by atoms with Crippen molar-refractivity contribution in [3.63, 3.8) is 0 Å². The number of nitrogens with zero attached hydrogens (tertiary/aromatic N) is 1. The third kappa shape index (κ3) is 3.79. The molecule has 1 saturated heterocycles. The topological polar surface area (TPSA) is 50.8 Å². The van der Waals surface area contributed by atoms with Crippen LogP contribution in [0.15, 0.2) is 36.4 Å². The SMILES string of the molecule is COc1ccc2cc(CNC(=O)N3C[C@@H](C)O[C@H](C)C3)ccc2c1. The molecule has 128 valence electrons. The monoisotopic (exact) mass is 328 g/mol. The van der Waals surface area contributed by atoms with Gasteiger partial charge in [0, 0.05) is 19.6 Å². The minimum Gasteiger partial charge on any atom is -0.497 e. The molecule has 0 aromatic heterocycles. The van der Waals surface area contributed by atoms with Crippen molar-refractivity contribution in [2.45, 2.75) is 32.6 Å². The van der Waals surface area contributed by atoms with Gasteiger partial charge in [0.05, 0.1) is 19.3 Å². The van der Waals surface area contributed by atoms with E-state index in [1.165, 1.54) is 0 Å². The predicted octanol–water partition coefficient (Wildman–Crippen LogP) is 3.17. The van der Waals surface area contributed by atoms with Gasteiger partial charge >= 0.3 is 6.03 Å². The highest BCUT2D eigenvalue weighted by atomic mass is 16.5. The van der Waals surface area contributed by atoms with Gasteiger partial charge < -0.3 is 19.7 Å². The number of carbonyl (C=O) groups is 1. The number of methoxy groups -OCH3 is 1. The zero-order chi connectivity index (χ0) is 17.1. The quantitative estimate of drug-likeness (QED) is 0.941. The second-order valence-electron chi connectivity index (χ2n) is 6.37. The molecule has 24 heavy (non-hydrogen) atoms. The lowest BCUT2D eigenvalue weighted by Crippen LogP contribution is -2.51. The van der Waals surface area contributed by atoms with E-state index in [1.807, 2.05) is 43.0 Å². The van der Waals surface area contributed by atoms with Crippen LogP contribution in [0.3, 0.4) is 0 Å². The molecule has 1 fully saturated rings. The molecule has 2 atom stereocenters. The number of fused-ring (bicyclic) bond motifs is 1. The van der Waals surface area contributed by atoms with Crippen molar-refractivity contribution < 1.29 is 14.3 Å². The van der Waals surface area contributed by atoms with E-state index in [0.717, 1.165) is 22.1 Å². The van der Waals surface area contributed by atoms with E-state index in [1.54, 1.807) is 7.11 Å². The average molecular weight is 328 g/mol. The Labute approximate surface area is 142 Å². The molecule has 0 aliphatic carbocycles. The summed E-state index contributed by atoms with van der Waals surface area (Å²) in [7, 11) is 1.67.